The molecule has 17 heavy (non-hydrogen) atoms. The van der Waals surface area contributed by atoms with Crippen LogP contribution in [-0.2, 0) is 4.79 Å². The van der Waals surface area contributed by atoms with Crippen LogP contribution in [0, 0.1) is 11.3 Å². The van der Waals surface area contributed by atoms with E-state index in [4.69, 9.17) is 0 Å². The molecule has 0 aromatic rings. The highest BCUT2D eigenvalue weighted by Gasteiger charge is 2.39. The summed E-state index contributed by atoms with van der Waals surface area (Å²) in [7, 11) is 0. The Morgan fingerprint density at radius 3 is 2.59 bits per heavy atom. The van der Waals surface area contributed by atoms with Gasteiger partial charge in [-0.15, -0.1) is 0 Å². The molecule has 0 saturated carbocycles. The van der Waals surface area contributed by atoms with Gasteiger partial charge in [0.1, 0.15) is 0 Å². The molecule has 1 atom stereocenters. The molecule has 3 nitrogen and oxygen atoms in total. The van der Waals surface area contributed by atoms with Gasteiger partial charge in [0.05, 0.1) is 0 Å². The van der Waals surface area contributed by atoms with Gasteiger partial charge in [0.25, 0.3) is 0 Å². The topological polar surface area (TPSA) is 32.3 Å². The molecule has 0 spiro atoms. The molecule has 1 rings (SSSR count). The van der Waals surface area contributed by atoms with Crippen molar-refractivity contribution in [3.05, 3.63) is 0 Å². The van der Waals surface area contributed by atoms with E-state index in [1.165, 1.54) is 12.8 Å². The number of amides is 1. The molecular formula is C14H28N2O. The van der Waals surface area contributed by atoms with E-state index in [2.05, 4.69) is 33.0 Å². The average molecular weight is 240 g/mol. The van der Waals surface area contributed by atoms with Crippen molar-refractivity contribution in [3.63, 3.8) is 0 Å². The van der Waals surface area contributed by atoms with Crippen LogP contribution >= 0.6 is 0 Å². The number of hydrogen-bond acceptors (Lipinski definition) is 2. The first-order valence-corrected chi connectivity index (χ1v) is 7.04. The van der Waals surface area contributed by atoms with Gasteiger partial charge in [-0.3, -0.25) is 4.79 Å². The molecule has 0 aliphatic carbocycles. The van der Waals surface area contributed by atoms with Crippen molar-refractivity contribution in [2.45, 2.75) is 47.0 Å². The van der Waals surface area contributed by atoms with Crippen molar-refractivity contribution in [1.29, 1.82) is 0 Å². The van der Waals surface area contributed by atoms with Crippen LogP contribution in [0.4, 0.5) is 0 Å². The lowest BCUT2D eigenvalue weighted by Crippen LogP contribution is -2.49. The monoisotopic (exact) mass is 240 g/mol. The van der Waals surface area contributed by atoms with E-state index in [9.17, 15) is 4.79 Å². The molecule has 0 aromatic heterocycles. The fourth-order valence-electron chi connectivity index (χ4n) is 2.72. The molecule has 100 valence electrons. The van der Waals surface area contributed by atoms with Crippen LogP contribution < -0.4 is 5.32 Å². The summed E-state index contributed by atoms with van der Waals surface area (Å²) in [4.78, 5) is 14.6. The van der Waals surface area contributed by atoms with Crippen molar-refractivity contribution in [2.75, 3.05) is 26.2 Å². The Labute approximate surface area is 106 Å². The van der Waals surface area contributed by atoms with Gasteiger partial charge in [0.15, 0.2) is 0 Å². The second-order valence-corrected chi connectivity index (χ2v) is 5.65. The summed E-state index contributed by atoms with van der Waals surface area (Å²) in [5.41, 5.74) is -0.224. The molecule has 1 heterocycles. The summed E-state index contributed by atoms with van der Waals surface area (Å²) in [6, 6.07) is 0. The molecule has 0 aromatic carbocycles. The van der Waals surface area contributed by atoms with E-state index in [1.54, 1.807) is 0 Å². The predicted octanol–water partition coefficient (Wildman–Crippen LogP) is 2.27. The third-order valence-electron chi connectivity index (χ3n) is 4.03. The molecule has 3 heteroatoms. The van der Waals surface area contributed by atoms with Gasteiger partial charge in [-0.05, 0) is 45.2 Å². The number of rotatable bonds is 5. The van der Waals surface area contributed by atoms with Crippen LogP contribution in [0.25, 0.3) is 0 Å². The van der Waals surface area contributed by atoms with Crippen LogP contribution in [0.5, 0.6) is 0 Å². The summed E-state index contributed by atoms with van der Waals surface area (Å²) in [6.07, 6.45) is 3.41. The first-order chi connectivity index (χ1) is 8.04. The maximum absolute atomic E-state index is 12.6. The fourth-order valence-corrected chi connectivity index (χ4v) is 2.72. The maximum atomic E-state index is 12.6. The number of carbonyl (C=O) groups is 1. The molecule has 1 saturated heterocycles. The highest BCUT2D eigenvalue weighted by molar-refractivity contribution is 5.82. The molecule has 0 bridgehead atoms. The van der Waals surface area contributed by atoms with Crippen molar-refractivity contribution in [3.8, 4) is 0 Å². The SMILES string of the molecule is CCCN(CC)C(=O)C(C)(C)C1CCCNC1. The van der Waals surface area contributed by atoms with Gasteiger partial charge in [-0.1, -0.05) is 20.8 Å². The van der Waals surface area contributed by atoms with Crippen LogP contribution in [0.15, 0.2) is 0 Å². The van der Waals surface area contributed by atoms with Gasteiger partial charge in [-0.25, -0.2) is 0 Å². The average Bonchev–Trinajstić information content (AvgIpc) is 2.36. The van der Waals surface area contributed by atoms with E-state index in [0.717, 1.165) is 32.6 Å². The summed E-state index contributed by atoms with van der Waals surface area (Å²) in [5.74, 6) is 0.810. The third kappa shape index (κ3) is 3.44. The van der Waals surface area contributed by atoms with Crippen LogP contribution in [0.1, 0.15) is 47.0 Å². The standard InChI is InChI=1S/C14H28N2O/c1-5-10-16(6-2)13(17)14(3,4)12-8-7-9-15-11-12/h12,15H,5-11H2,1-4H3. The Kier molecular flexibility index (Phi) is 5.44. The smallest absolute Gasteiger partial charge is 0.228 e. The first kappa shape index (κ1) is 14.5. The van der Waals surface area contributed by atoms with Crippen molar-refractivity contribution in [2.24, 2.45) is 11.3 Å². The molecule has 1 amide bonds. The zero-order valence-electron chi connectivity index (χ0n) is 11.9. The van der Waals surface area contributed by atoms with Crippen molar-refractivity contribution >= 4 is 5.91 Å². The molecule has 0 radical (unpaired) electrons. The largest absolute Gasteiger partial charge is 0.343 e. The predicted molar refractivity (Wildman–Crippen MR) is 71.9 cm³/mol. The van der Waals surface area contributed by atoms with Gasteiger partial charge < -0.3 is 10.2 Å². The lowest BCUT2D eigenvalue weighted by molar-refractivity contribution is -0.143. The summed E-state index contributed by atoms with van der Waals surface area (Å²) in [5, 5.41) is 3.41. The normalized spacial score (nSPS) is 21.3. The minimum absolute atomic E-state index is 0.224. The Bertz CT molecular complexity index is 245. The third-order valence-corrected chi connectivity index (χ3v) is 4.03. The molecule has 1 aliphatic heterocycles. The molecule has 1 fully saturated rings. The van der Waals surface area contributed by atoms with E-state index in [1.807, 2.05) is 4.90 Å². The second kappa shape index (κ2) is 6.39. The van der Waals surface area contributed by atoms with Crippen LogP contribution in [0.3, 0.4) is 0 Å². The highest BCUT2D eigenvalue weighted by Crippen LogP contribution is 2.33. The van der Waals surface area contributed by atoms with E-state index < -0.39 is 0 Å². The Morgan fingerprint density at radius 2 is 2.12 bits per heavy atom. The summed E-state index contributed by atoms with van der Waals surface area (Å²) in [6.45, 7) is 12.2. The number of carbonyl (C=O) groups excluding carboxylic acids is 1. The zero-order valence-corrected chi connectivity index (χ0v) is 11.9. The highest BCUT2D eigenvalue weighted by atomic mass is 16.2. The number of nitrogens with one attached hydrogen (secondary N) is 1. The molecule has 1 aliphatic rings. The zero-order chi connectivity index (χ0) is 12.9. The Morgan fingerprint density at radius 1 is 1.41 bits per heavy atom. The number of nitrogens with zero attached hydrogens (tertiary/aromatic N) is 1. The van der Waals surface area contributed by atoms with Gasteiger partial charge in [-0.2, -0.15) is 0 Å². The fraction of sp³-hybridized carbons (Fsp3) is 0.929. The Balaban J connectivity index is 2.69. The van der Waals surface area contributed by atoms with Crippen molar-refractivity contribution < 1.29 is 4.79 Å². The second-order valence-electron chi connectivity index (χ2n) is 5.65. The van der Waals surface area contributed by atoms with Gasteiger partial charge >= 0.3 is 0 Å². The summed E-state index contributed by atoms with van der Waals surface area (Å²) >= 11 is 0. The summed E-state index contributed by atoms with van der Waals surface area (Å²) < 4.78 is 0. The molecule has 1 unspecified atom stereocenters. The number of hydrogen-bond donors (Lipinski definition) is 1. The Hall–Kier alpha value is -0.570. The minimum atomic E-state index is -0.224. The lowest BCUT2D eigenvalue weighted by Gasteiger charge is -2.39. The van der Waals surface area contributed by atoms with E-state index in [-0.39, 0.29) is 5.41 Å². The molecular weight excluding hydrogens is 212 g/mol. The quantitative estimate of drug-likeness (QED) is 0.799. The minimum Gasteiger partial charge on any atom is -0.343 e. The lowest BCUT2D eigenvalue weighted by atomic mass is 9.74. The number of piperidine rings is 1. The first-order valence-electron chi connectivity index (χ1n) is 7.04. The van der Waals surface area contributed by atoms with E-state index in [0.29, 0.717) is 11.8 Å². The van der Waals surface area contributed by atoms with Gasteiger partial charge in [0.2, 0.25) is 5.91 Å². The van der Waals surface area contributed by atoms with Crippen molar-refractivity contribution in [1.82, 2.24) is 10.2 Å². The van der Waals surface area contributed by atoms with Crippen LogP contribution in [0.2, 0.25) is 0 Å². The maximum Gasteiger partial charge on any atom is 0.228 e. The molecule has 1 N–H and O–H groups in total. The van der Waals surface area contributed by atoms with Crippen LogP contribution in [-0.4, -0.2) is 37.0 Å². The van der Waals surface area contributed by atoms with Gasteiger partial charge in [0, 0.05) is 18.5 Å². The van der Waals surface area contributed by atoms with E-state index >= 15 is 0 Å².